The highest BCUT2D eigenvalue weighted by Crippen LogP contribution is 2.42. The number of hydrogen-bond donors (Lipinski definition) is 1. The first-order chi connectivity index (χ1) is 13.1. The smallest absolute Gasteiger partial charge is 0.268 e. The van der Waals surface area contributed by atoms with Crippen LogP contribution in [-0.4, -0.2) is 36.9 Å². The number of rotatable bonds is 2. The van der Waals surface area contributed by atoms with Gasteiger partial charge in [0, 0.05) is 18.4 Å². The van der Waals surface area contributed by atoms with E-state index in [1.165, 1.54) is 24.3 Å². The average molecular weight is 426 g/mol. The van der Waals surface area contributed by atoms with Gasteiger partial charge < -0.3 is 0 Å². The number of carbonyl (C=O) groups excluding carboxylic acids is 2. The number of sulfonamides is 1. The maximum Gasteiger partial charge on any atom is 0.294 e. The first-order valence-electron chi connectivity index (χ1n) is 8.32. The Morgan fingerprint density at radius 2 is 1.75 bits per heavy atom. The summed E-state index contributed by atoms with van der Waals surface area (Å²) in [5.41, 5.74) is 1.09. The van der Waals surface area contributed by atoms with E-state index in [1.54, 1.807) is 0 Å². The molecule has 0 bridgehead atoms. The molecule has 0 atom stereocenters. The van der Waals surface area contributed by atoms with Gasteiger partial charge in [-0.1, -0.05) is 17.4 Å². The van der Waals surface area contributed by atoms with Gasteiger partial charge in [0.15, 0.2) is 0 Å². The van der Waals surface area contributed by atoms with Gasteiger partial charge in [0.05, 0.1) is 16.3 Å². The summed E-state index contributed by atoms with van der Waals surface area (Å²) in [4.78, 5) is 25.7. The largest absolute Gasteiger partial charge is 0.294 e. The Bertz CT molecular complexity index is 1010. The van der Waals surface area contributed by atoms with Crippen LogP contribution in [0, 0.1) is 11.8 Å². The van der Waals surface area contributed by atoms with Crippen molar-refractivity contribution in [2.24, 2.45) is 5.14 Å². The molecule has 28 heavy (non-hydrogen) atoms. The molecule has 2 N–H and O–H groups in total. The zero-order valence-corrected chi connectivity index (χ0v) is 16.2. The number of halogens is 2. The van der Waals surface area contributed by atoms with E-state index < -0.39 is 27.1 Å². The van der Waals surface area contributed by atoms with Crippen molar-refractivity contribution in [1.29, 1.82) is 0 Å². The van der Waals surface area contributed by atoms with Gasteiger partial charge in [0.1, 0.15) is 0 Å². The first kappa shape index (κ1) is 20.5. The predicted molar refractivity (Wildman–Crippen MR) is 99.8 cm³/mol. The SMILES string of the molecule is NS(=O)(=O)c1ccc(C#CCN2C(=O)SC(=C3CCC(F)(F)CC3)C2=O)cc1. The van der Waals surface area contributed by atoms with Crippen LogP contribution in [0.1, 0.15) is 31.2 Å². The fraction of sp³-hybridized carbons (Fsp3) is 0.333. The molecule has 2 fully saturated rings. The van der Waals surface area contributed by atoms with Crippen molar-refractivity contribution in [1.82, 2.24) is 4.90 Å². The van der Waals surface area contributed by atoms with E-state index in [0.29, 0.717) is 11.1 Å². The number of carbonyl (C=O) groups is 2. The molecule has 6 nitrogen and oxygen atoms in total. The van der Waals surface area contributed by atoms with E-state index in [9.17, 15) is 26.8 Å². The molecule has 0 unspecified atom stereocenters. The third-order valence-electron chi connectivity index (χ3n) is 4.41. The quantitative estimate of drug-likeness (QED) is 0.579. The minimum atomic E-state index is -3.79. The highest BCUT2D eigenvalue weighted by molar-refractivity contribution is 8.18. The summed E-state index contributed by atoms with van der Waals surface area (Å²) in [6.07, 6.45) is -0.432. The molecule has 1 heterocycles. The van der Waals surface area contributed by atoms with Gasteiger partial charge >= 0.3 is 0 Å². The van der Waals surface area contributed by atoms with Crippen molar-refractivity contribution in [3.63, 3.8) is 0 Å². The number of amides is 2. The number of allylic oxidation sites excluding steroid dienone is 1. The van der Waals surface area contributed by atoms with Crippen molar-refractivity contribution in [2.75, 3.05) is 6.54 Å². The van der Waals surface area contributed by atoms with Crippen molar-refractivity contribution >= 4 is 32.9 Å². The van der Waals surface area contributed by atoms with Crippen molar-refractivity contribution in [3.05, 3.63) is 40.3 Å². The van der Waals surface area contributed by atoms with Crippen LogP contribution in [0.15, 0.2) is 39.6 Å². The van der Waals surface area contributed by atoms with E-state index in [2.05, 4.69) is 11.8 Å². The maximum absolute atomic E-state index is 13.3. The second-order valence-corrected chi connectivity index (χ2v) is 8.94. The Kier molecular flexibility index (Phi) is 5.61. The number of hydrogen-bond acceptors (Lipinski definition) is 5. The lowest BCUT2D eigenvalue weighted by Crippen LogP contribution is -2.29. The molecule has 2 aliphatic rings. The van der Waals surface area contributed by atoms with Gasteiger partial charge in [-0.25, -0.2) is 22.3 Å². The third-order valence-corrected chi connectivity index (χ3v) is 6.40. The zero-order valence-electron chi connectivity index (χ0n) is 14.6. The molecule has 1 aromatic rings. The van der Waals surface area contributed by atoms with Crippen LogP contribution in [0.25, 0.3) is 0 Å². The Morgan fingerprint density at radius 1 is 1.14 bits per heavy atom. The van der Waals surface area contributed by atoms with Gasteiger partial charge in [-0.15, -0.1) is 0 Å². The van der Waals surface area contributed by atoms with E-state index in [4.69, 9.17) is 5.14 Å². The number of nitrogens with two attached hydrogens (primary N) is 1. The number of thioether (sulfide) groups is 1. The van der Waals surface area contributed by atoms with Crippen LogP contribution in [-0.2, 0) is 14.8 Å². The van der Waals surface area contributed by atoms with Gasteiger partial charge in [-0.05, 0) is 48.9 Å². The lowest BCUT2D eigenvalue weighted by molar-refractivity contribution is -0.122. The van der Waals surface area contributed by atoms with Crippen molar-refractivity contribution in [2.45, 2.75) is 36.5 Å². The summed E-state index contributed by atoms with van der Waals surface area (Å²) >= 11 is 0.763. The van der Waals surface area contributed by atoms with Crippen LogP contribution in [0.4, 0.5) is 13.6 Å². The van der Waals surface area contributed by atoms with Gasteiger partial charge in [0.2, 0.25) is 15.9 Å². The molecule has 0 aromatic heterocycles. The molecule has 1 saturated heterocycles. The molecular weight excluding hydrogens is 410 g/mol. The number of imide groups is 1. The molecule has 1 saturated carbocycles. The summed E-state index contributed by atoms with van der Waals surface area (Å²) in [5, 5.41) is 4.53. The highest BCUT2D eigenvalue weighted by Gasteiger charge is 2.40. The van der Waals surface area contributed by atoms with E-state index in [1.807, 2.05) is 0 Å². The van der Waals surface area contributed by atoms with Gasteiger partial charge in [-0.2, -0.15) is 0 Å². The molecule has 10 heteroatoms. The molecule has 1 aliphatic carbocycles. The van der Waals surface area contributed by atoms with Crippen LogP contribution in [0.3, 0.4) is 0 Å². The number of nitrogens with zero attached hydrogens (tertiary/aromatic N) is 1. The average Bonchev–Trinajstić information content (AvgIpc) is 2.89. The number of benzene rings is 1. The van der Waals surface area contributed by atoms with Crippen molar-refractivity contribution in [3.8, 4) is 11.8 Å². The van der Waals surface area contributed by atoms with Gasteiger partial charge in [0.25, 0.3) is 11.1 Å². The standard InChI is InChI=1S/C18H16F2N2O4S2/c19-18(20)9-7-13(8-10-18)15-16(23)22(17(24)27-15)11-1-2-12-3-5-14(6-4-12)28(21,25)26/h3-6H,7-11H2,(H2,21,25,26). The van der Waals surface area contributed by atoms with Crippen LogP contribution >= 0.6 is 11.8 Å². The minimum Gasteiger partial charge on any atom is -0.268 e. The molecule has 2 amide bonds. The molecule has 1 aliphatic heterocycles. The normalized spacial score (nSPS) is 19.6. The van der Waals surface area contributed by atoms with E-state index in [-0.39, 0.29) is 42.0 Å². The fourth-order valence-corrected chi connectivity index (χ4v) is 4.34. The first-order valence-corrected chi connectivity index (χ1v) is 10.7. The van der Waals surface area contributed by atoms with Crippen LogP contribution in [0.5, 0.6) is 0 Å². The summed E-state index contributed by atoms with van der Waals surface area (Å²) in [6, 6.07) is 5.54. The van der Waals surface area contributed by atoms with Crippen molar-refractivity contribution < 1.29 is 26.8 Å². The minimum absolute atomic E-state index is 0.0475. The summed E-state index contributed by atoms with van der Waals surface area (Å²) in [5.74, 6) is 2.21. The topological polar surface area (TPSA) is 97.5 Å². The summed E-state index contributed by atoms with van der Waals surface area (Å²) in [7, 11) is -3.79. The second kappa shape index (κ2) is 7.66. The van der Waals surface area contributed by atoms with Crippen LogP contribution in [0.2, 0.25) is 0 Å². The Balaban J connectivity index is 1.68. The van der Waals surface area contributed by atoms with Gasteiger partial charge in [-0.3, -0.25) is 14.5 Å². The lowest BCUT2D eigenvalue weighted by Gasteiger charge is -2.24. The molecule has 1 aromatic carbocycles. The van der Waals surface area contributed by atoms with E-state index >= 15 is 0 Å². The second-order valence-electron chi connectivity index (χ2n) is 6.42. The third kappa shape index (κ3) is 4.60. The Hall–Kier alpha value is -2.22. The lowest BCUT2D eigenvalue weighted by atomic mass is 9.91. The van der Waals surface area contributed by atoms with E-state index in [0.717, 1.165) is 16.7 Å². The molecule has 0 spiro atoms. The molecule has 3 rings (SSSR count). The fourth-order valence-electron chi connectivity index (χ4n) is 2.84. The number of primary sulfonamides is 1. The molecular formula is C18H16F2N2O4S2. The Morgan fingerprint density at radius 3 is 2.32 bits per heavy atom. The Labute approximate surface area is 165 Å². The maximum atomic E-state index is 13.3. The van der Waals surface area contributed by atoms with Crippen LogP contribution < -0.4 is 5.14 Å². The highest BCUT2D eigenvalue weighted by atomic mass is 32.2. The molecule has 0 radical (unpaired) electrons. The molecule has 148 valence electrons. The number of alkyl halides is 2. The summed E-state index contributed by atoms with van der Waals surface area (Å²) < 4.78 is 49.0. The monoisotopic (exact) mass is 426 g/mol. The zero-order chi connectivity index (χ0) is 20.5. The summed E-state index contributed by atoms with van der Waals surface area (Å²) in [6.45, 7) is -0.144. The predicted octanol–water partition coefficient (Wildman–Crippen LogP) is 2.84.